The maximum absolute atomic E-state index is 12.3. The van der Waals surface area contributed by atoms with Gasteiger partial charge in [0.05, 0.1) is 13.0 Å². The van der Waals surface area contributed by atoms with Crippen LogP contribution in [0.5, 0.6) is 5.75 Å². The van der Waals surface area contributed by atoms with Crippen molar-refractivity contribution in [1.29, 1.82) is 0 Å². The molecule has 0 amide bonds. The molecule has 0 unspecified atom stereocenters. The highest BCUT2D eigenvalue weighted by atomic mass is 35.5. The van der Waals surface area contributed by atoms with Gasteiger partial charge in [-0.1, -0.05) is 11.6 Å². The van der Waals surface area contributed by atoms with Crippen LogP contribution in [0.2, 0.25) is 5.02 Å². The first-order valence-electron chi connectivity index (χ1n) is 5.59. The molecule has 0 radical (unpaired) electrons. The third-order valence-corrected chi connectivity index (χ3v) is 2.51. The number of hydrogen-bond donors (Lipinski definition) is 1. The number of esters is 1. The second-order valence-electron chi connectivity index (χ2n) is 3.68. The molecule has 19 heavy (non-hydrogen) atoms. The number of alkyl halides is 2. The van der Waals surface area contributed by atoms with Crippen LogP contribution in [0.4, 0.5) is 8.78 Å². The van der Waals surface area contributed by atoms with Crippen LogP contribution < -0.4 is 10.5 Å². The van der Waals surface area contributed by atoms with E-state index < -0.39 is 18.6 Å². The number of benzene rings is 1. The summed E-state index contributed by atoms with van der Waals surface area (Å²) in [5.41, 5.74) is 6.02. The predicted molar refractivity (Wildman–Crippen MR) is 66.3 cm³/mol. The summed E-state index contributed by atoms with van der Waals surface area (Å²) in [6.45, 7) is -1.09. The van der Waals surface area contributed by atoms with E-state index in [0.29, 0.717) is 5.02 Å². The van der Waals surface area contributed by atoms with Crippen molar-refractivity contribution < 1.29 is 23.0 Å². The van der Waals surface area contributed by atoms with Crippen LogP contribution in [0.1, 0.15) is 24.9 Å². The van der Waals surface area contributed by atoms with E-state index >= 15 is 0 Å². The lowest BCUT2D eigenvalue weighted by molar-refractivity contribution is -0.143. The van der Waals surface area contributed by atoms with E-state index in [-0.39, 0.29) is 24.3 Å². The second-order valence-corrected chi connectivity index (χ2v) is 4.11. The highest BCUT2D eigenvalue weighted by molar-refractivity contribution is 6.30. The summed E-state index contributed by atoms with van der Waals surface area (Å²) in [7, 11) is 0. The lowest BCUT2D eigenvalue weighted by Crippen LogP contribution is -2.18. The number of carbonyl (C=O) groups is 1. The molecule has 0 fully saturated rings. The molecule has 1 aromatic carbocycles. The van der Waals surface area contributed by atoms with Crippen molar-refractivity contribution >= 4 is 17.6 Å². The van der Waals surface area contributed by atoms with E-state index in [1.165, 1.54) is 18.2 Å². The van der Waals surface area contributed by atoms with Crippen molar-refractivity contribution in [3.05, 3.63) is 28.8 Å². The summed E-state index contributed by atoms with van der Waals surface area (Å²) in [4.78, 5) is 11.3. The van der Waals surface area contributed by atoms with E-state index in [1.807, 2.05) is 0 Å². The van der Waals surface area contributed by atoms with Crippen molar-refractivity contribution in [2.45, 2.75) is 26.0 Å². The Morgan fingerprint density at radius 2 is 2.16 bits per heavy atom. The van der Waals surface area contributed by atoms with E-state index in [2.05, 4.69) is 4.74 Å². The fourth-order valence-corrected chi connectivity index (χ4v) is 1.70. The van der Waals surface area contributed by atoms with Gasteiger partial charge in [-0.15, -0.1) is 0 Å². The quantitative estimate of drug-likeness (QED) is 0.819. The Balaban J connectivity index is 2.89. The van der Waals surface area contributed by atoms with Crippen molar-refractivity contribution in [2.75, 3.05) is 6.61 Å². The van der Waals surface area contributed by atoms with Gasteiger partial charge in [0, 0.05) is 16.6 Å². The molecule has 0 aliphatic rings. The first-order valence-corrected chi connectivity index (χ1v) is 5.97. The van der Waals surface area contributed by atoms with E-state index in [9.17, 15) is 13.6 Å². The standard InChI is InChI=1S/C12H14ClF2NO3/c1-2-18-11(17)6-9(16)8-5-7(13)3-4-10(8)19-12(14)15/h3-5,9,12H,2,6,16H2,1H3/t9-/m1/s1. The topological polar surface area (TPSA) is 61.5 Å². The molecule has 0 heterocycles. The average molecular weight is 294 g/mol. The van der Waals surface area contributed by atoms with Crippen molar-refractivity contribution in [3.8, 4) is 5.75 Å². The van der Waals surface area contributed by atoms with Gasteiger partial charge in [-0.25, -0.2) is 0 Å². The number of hydrogen-bond acceptors (Lipinski definition) is 4. The fraction of sp³-hybridized carbons (Fsp3) is 0.417. The third kappa shape index (κ3) is 5.00. The number of nitrogens with two attached hydrogens (primary N) is 1. The van der Waals surface area contributed by atoms with Crippen LogP contribution >= 0.6 is 11.6 Å². The molecule has 106 valence electrons. The number of carbonyl (C=O) groups excluding carboxylic acids is 1. The molecule has 0 aliphatic heterocycles. The van der Waals surface area contributed by atoms with Crippen LogP contribution in [0.3, 0.4) is 0 Å². The van der Waals surface area contributed by atoms with Crippen molar-refractivity contribution in [1.82, 2.24) is 0 Å². The first-order chi connectivity index (χ1) is 8.93. The van der Waals surface area contributed by atoms with Gasteiger partial charge in [0.2, 0.25) is 0 Å². The molecule has 4 nitrogen and oxygen atoms in total. The van der Waals surface area contributed by atoms with E-state index in [1.54, 1.807) is 6.92 Å². The van der Waals surface area contributed by atoms with Crippen molar-refractivity contribution in [2.24, 2.45) is 5.73 Å². The lowest BCUT2D eigenvalue weighted by atomic mass is 10.0. The predicted octanol–water partition coefficient (Wildman–Crippen LogP) is 2.89. The largest absolute Gasteiger partial charge is 0.466 e. The zero-order valence-electron chi connectivity index (χ0n) is 10.2. The fourth-order valence-electron chi connectivity index (χ4n) is 1.52. The molecular weight excluding hydrogens is 280 g/mol. The Morgan fingerprint density at radius 3 is 2.74 bits per heavy atom. The van der Waals surface area contributed by atoms with Gasteiger partial charge < -0.3 is 15.2 Å². The Bertz CT molecular complexity index is 443. The zero-order valence-corrected chi connectivity index (χ0v) is 11.0. The summed E-state index contributed by atoms with van der Waals surface area (Å²) >= 11 is 5.78. The van der Waals surface area contributed by atoms with Gasteiger partial charge >= 0.3 is 12.6 Å². The minimum Gasteiger partial charge on any atom is -0.466 e. The first kappa shape index (κ1) is 15.7. The Hall–Kier alpha value is -1.40. The highest BCUT2D eigenvalue weighted by Crippen LogP contribution is 2.30. The second kappa shape index (κ2) is 7.25. The zero-order chi connectivity index (χ0) is 14.4. The molecule has 1 rings (SSSR count). The Morgan fingerprint density at radius 1 is 1.47 bits per heavy atom. The van der Waals surface area contributed by atoms with Crippen LogP contribution in [0.15, 0.2) is 18.2 Å². The van der Waals surface area contributed by atoms with Gasteiger partial charge in [-0.3, -0.25) is 4.79 Å². The molecular formula is C12H14ClF2NO3. The van der Waals surface area contributed by atoms with E-state index in [0.717, 1.165) is 0 Å². The molecule has 0 aromatic heterocycles. The molecule has 1 aromatic rings. The van der Waals surface area contributed by atoms with Crippen LogP contribution in [0.25, 0.3) is 0 Å². The Kier molecular flexibility index (Phi) is 5.98. The summed E-state index contributed by atoms with van der Waals surface area (Å²) in [5, 5.41) is 0.316. The number of ether oxygens (including phenoxy) is 2. The summed E-state index contributed by atoms with van der Waals surface area (Å²) < 4.78 is 33.6. The summed E-state index contributed by atoms with van der Waals surface area (Å²) in [6, 6.07) is 3.25. The van der Waals surface area contributed by atoms with Crippen LogP contribution in [-0.4, -0.2) is 19.2 Å². The monoisotopic (exact) mass is 293 g/mol. The summed E-state index contributed by atoms with van der Waals surface area (Å²) in [5.74, 6) is -0.617. The minimum absolute atomic E-state index is 0.101. The third-order valence-electron chi connectivity index (χ3n) is 2.28. The summed E-state index contributed by atoms with van der Waals surface area (Å²) in [6.07, 6.45) is -0.145. The number of halogens is 3. The highest BCUT2D eigenvalue weighted by Gasteiger charge is 2.19. The maximum Gasteiger partial charge on any atom is 0.387 e. The average Bonchev–Trinajstić information content (AvgIpc) is 2.31. The lowest BCUT2D eigenvalue weighted by Gasteiger charge is -2.16. The van der Waals surface area contributed by atoms with Crippen molar-refractivity contribution in [3.63, 3.8) is 0 Å². The normalized spacial score (nSPS) is 12.3. The minimum atomic E-state index is -2.98. The van der Waals surface area contributed by atoms with Crippen LogP contribution in [0, 0.1) is 0 Å². The molecule has 0 spiro atoms. The van der Waals surface area contributed by atoms with Gasteiger partial charge in [-0.05, 0) is 25.1 Å². The molecule has 0 bridgehead atoms. The van der Waals surface area contributed by atoms with E-state index in [4.69, 9.17) is 22.1 Å². The smallest absolute Gasteiger partial charge is 0.387 e. The van der Waals surface area contributed by atoms with Crippen LogP contribution in [-0.2, 0) is 9.53 Å². The molecule has 7 heteroatoms. The molecule has 1 atom stereocenters. The molecule has 0 aliphatic carbocycles. The molecule has 0 saturated heterocycles. The SMILES string of the molecule is CCOC(=O)C[C@@H](N)c1cc(Cl)ccc1OC(F)F. The van der Waals surface area contributed by atoms with Gasteiger partial charge in [-0.2, -0.15) is 8.78 Å². The molecule has 2 N–H and O–H groups in total. The van der Waals surface area contributed by atoms with Gasteiger partial charge in [0.25, 0.3) is 0 Å². The maximum atomic E-state index is 12.3. The molecule has 0 saturated carbocycles. The Labute approximate surface area is 114 Å². The van der Waals surface area contributed by atoms with Gasteiger partial charge in [0.15, 0.2) is 0 Å². The van der Waals surface area contributed by atoms with Gasteiger partial charge in [0.1, 0.15) is 5.75 Å². The number of rotatable bonds is 6.